The van der Waals surface area contributed by atoms with Crippen molar-refractivity contribution in [3.05, 3.63) is 66.2 Å². The third-order valence-electron chi connectivity index (χ3n) is 4.45. The maximum atomic E-state index is 13.1. The Balaban J connectivity index is 1.76. The lowest BCUT2D eigenvalue weighted by Crippen LogP contribution is -2.51. The molecule has 2 aromatic rings. The van der Waals surface area contributed by atoms with E-state index in [-0.39, 0.29) is 17.2 Å². The molecule has 4 heteroatoms. The molecule has 3 rings (SSSR count). The fourth-order valence-corrected chi connectivity index (χ4v) is 4.09. The highest BCUT2D eigenvalue weighted by atomic mass is 32.2. The first-order chi connectivity index (χ1) is 11.6. The summed E-state index contributed by atoms with van der Waals surface area (Å²) in [5, 5.41) is -0.0815. The van der Waals surface area contributed by atoms with Crippen LogP contribution in [0.25, 0.3) is 0 Å². The van der Waals surface area contributed by atoms with Crippen LogP contribution in [0.4, 0.5) is 0 Å². The Labute approximate surface area is 148 Å². The summed E-state index contributed by atoms with van der Waals surface area (Å²) in [6, 6.07) is 20.7. The first-order valence-corrected chi connectivity index (χ1v) is 9.29. The summed E-state index contributed by atoms with van der Waals surface area (Å²) in [6.45, 7) is 4.62. The molecule has 1 fully saturated rings. The van der Waals surface area contributed by atoms with Gasteiger partial charge >= 0.3 is 0 Å². The van der Waals surface area contributed by atoms with Crippen molar-refractivity contribution in [1.82, 2.24) is 9.80 Å². The Morgan fingerprint density at radius 2 is 1.67 bits per heavy atom. The van der Waals surface area contributed by atoms with Gasteiger partial charge in [-0.2, -0.15) is 0 Å². The molecule has 0 unspecified atom stereocenters. The molecule has 0 aromatic heterocycles. The normalized spacial score (nSPS) is 19.9. The van der Waals surface area contributed by atoms with Crippen molar-refractivity contribution in [3.8, 4) is 0 Å². The van der Waals surface area contributed by atoms with Gasteiger partial charge < -0.3 is 9.80 Å². The number of amides is 1. The maximum Gasteiger partial charge on any atom is 0.236 e. The van der Waals surface area contributed by atoms with E-state index < -0.39 is 0 Å². The van der Waals surface area contributed by atoms with Crippen LogP contribution in [-0.2, 0) is 4.79 Å². The van der Waals surface area contributed by atoms with Crippen molar-refractivity contribution in [1.29, 1.82) is 0 Å². The number of carbonyl (C=O) groups is 1. The van der Waals surface area contributed by atoms with Gasteiger partial charge in [-0.15, -0.1) is 11.8 Å². The fourth-order valence-electron chi connectivity index (χ4n) is 3.13. The third-order valence-corrected chi connectivity index (χ3v) is 5.55. The number of hydrogen-bond donors (Lipinski definition) is 0. The lowest BCUT2D eigenvalue weighted by Gasteiger charge is -2.41. The molecule has 1 heterocycles. The molecule has 1 amide bonds. The van der Waals surface area contributed by atoms with Crippen LogP contribution in [-0.4, -0.2) is 47.6 Å². The highest BCUT2D eigenvalue weighted by molar-refractivity contribution is 8.00. The van der Waals surface area contributed by atoms with Gasteiger partial charge in [-0.05, 0) is 31.7 Å². The lowest BCUT2D eigenvalue weighted by molar-refractivity contribution is -0.135. The Bertz CT molecular complexity index is 662. The van der Waals surface area contributed by atoms with Crippen LogP contribution >= 0.6 is 11.8 Å². The monoisotopic (exact) mass is 340 g/mol. The summed E-state index contributed by atoms with van der Waals surface area (Å²) in [6.07, 6.45) is 0. The Kier molecular flexibility index (Phi) is 5.59. The highest BCUT2D eigenvalue weighted by Gasteiger charge is 2.32. The average Bonchev–Trinajstić information content (AvgIpc) is 2.62. The zero-order valence-electron chi connectivity index (χ0n) is 14.3. The van der Waals surface area contributed by atoms with Gasteiger partial charge in [0.25, 0.3) is 0 Å². The van der Waals surface area contributed by atoms with Crippen molar-refractivity contribution >= 4 is 17.7 Å². The molecule has 2 aromatic carbocycles. The Morgan fingerprint density at radius 3 is 2.33 bits per heavy atom. The van der Waals surface area contributed by atoms with E-state index in [1.807, 2.05) is 31.2 Å². The molecule has 3 nitrogen and oxygen atoms in total. The number of carbonyl (C=O) groups excluding carboxylic acids is 1. The largest absolute Gasteiger partial charge is 0.332 e. The van der Waals surface area contributed by atoms with E-state index in [2.05, 4.69) is 53.2 Å². The maximum absolute atomic E-state index is 13.1. The van der Waals surface area contributed by atoms with Gasteiger partial charge in [0.1, 0.15) is 0 Å². The van der Waals surface area contributed by atoms with E-state index in [0.717, 1.165) is 24.5 Å². The molecular weight excluding hydrogens is 316 g/mol. The van der Waals surface area contributed by atoms with Crippen LogP contribution in [0.15, 0.2) is 65.6 Å². The quantitative estimate of drug-likeness (QED) is 0.793. The van der Waals surface area contributed by atoms with Gasteiger partial charge in [0.15, 0.2) is 0 Å². The van der Waals surface area contributed by atoms with E-state index in [9.17, 15) is 4.79 Å². The van der Waals surface area contributed by atoms with Crippen LogP contribution in [0.5, 0.6) is 0 Å². The van der Waals surface area contributed by atoms with Crippen molar-refractivity contribution in [2.75, 3.05) is 26.7 Å². The van der Waals surface area contributed by atoms with Crippen molar-refractivity contribution in [2.24, 2.45) is 0 Å². The zero-order chi connectivity index (χ0) is 16.9. The Morgan fingerprint density at radius 1 is 1.04 bits per heavy atom. The zero-order valence-corrected chi connectivity index (χ0v) is 15.1. The van der Waals surface area contributed by atoms with Gasteiger partial charge in [-0.3, -0.25) is 4.79 Å². The molecule has 1 saturated heterocycles. The summed E-state index contributed by atoms with van der Waals surface area (Å²) in [5.41, 5.74) is 1.22. The van der Waals surface area contributed by atoms with E-state index >= 15 is 0 Å². The highest BCUT2D eigenvalue weighted by Crippen LogP contribution is 2.30. The second-order valence-electron chi connectivity index (χ2n) is 6.29. The number of hydrogen-bond acceptors (Lipinski definition) is 3. The molecule has 1 aliphatic heterocycles. The van der Waals surface area contributed by atoms with E-state index in [1.165, 1.54) is 5.56 Å². The SMILES string of the molecule is C[C@@H](Sc1ccccc1)C(=O)N1CCN(C)C[C@@H]1c1ccccc1. The minimum absolute atomic E-state index is 0.0815. The van der Waals surface area contributed by atoms with E-state index in [1.54, 1.807) is 11.8 Å². The van der Waals surface area contributed by atoms with Crippen molar-refractivity contribution in [2.45, 2.75) is 23.1 Å². The van der Waals surface area contributed by atoms with Crippen LogP contribution in [0, 0.1) is 0 Å². The standard InChI is InChI=1S/C20H24N2OS/c1-16(24-18-11-7-4-8-12-18)20(23)22-14-13-21(2)15-19(22)17-9-5-3-6-10-17/h3-12,16,19H,13-15H2,1-2H3/t16-,19-/m1/s1. The summed E-state index contributed by atoms with van der Waals surface area (Å²) in [4.78, 5) is 18.6. The van der Waals surface area contributed by atoms with Gasteiger partial charge in [0.05, 0.1) is 11.3 Å². The molecule has 24 heavy (non-hydrogen) atoms. The molecule has 0 saturated carbocycles. The van der Waals surface area contributed by atoms with Gasteiger partial charge in [0, 0.05) is 24.5 Å². The molecule has 0 bridgehead atoms. The molecular formula is C20H24N2OS. The summed E-state index contributed by atoms with van der Waals surface area (Å²) in [5.74, 6) is 0.228. The molecule has 1 aliphatic rings. The third kappa shape index (κ3) is 4.00. The number of nitrogens with zero attached hydrogens (tertiary/aromatic N) is 2. The second kappa shape index (κ2) is 7.86. The summed E-state index contributed by atoms with van der Waals surface area (Å²) >= 11 is 1.64. The number of thioether (sulfide) groups is 1. The first kappa shape index (κ1) is 17.1. The van der Waals surface area contributed by atoms with Gasteiger partial charge in [0.2, 0.25) is 5.91 Å². The van der Waals surface area contributed by atoms with E-state index in [0.29, 0.717) is 0 Å². The van der Waals surface area contributed by atoms with Gasteiger partial charge in [-0.1, -0.05) is 48.5 Å². The fraction of sp³-hybridized carbons (Fsp3) is 0.350. The molecule has 0 N–H and O–H groups in total. The number of likely N-dealkylation sites (N-methyl/N-ethyl adjacent to an activating group) is 1. The smallest absolute Gasteiger partial charge is 0.236 e. The topological polar surface area (TPSA) is 23.6 Å². The molecule has 0 spiro atoms. The van der Waals surface area contributed by atoms with E-state index in [4.69, 9.17) is 0 Å². The van der Waals surface area contributed by atoms with Crippen LogP contribution in [0.1, 0.15) is 18.5 Å². The number of benzene rings is 2. The van der Waals surface area contributed by atoms with Crippen LogP contribution < -0.4 is 0 Å². The minimum atomic E-state index is -0.0815. The number of rotatable bonds is 4. The lowest BCUT2D eigenvalue weighted by atomic mass is 10.0. The average molecular weight is 340 g/mol. The van der Waals surface area contributed by atoms with Gasteiger partial charge in [-0.25, -0.2) is 0 Å². The minimum Gasteiger partial charge on any atom is -0.332 e. The summed E-state index contributed by atoms with van der Waals surface area (Å²) in [7, 11) is 2.12. The number of piperazine rings is 1. The first-order valence-electron chi connectivity index (χ1n) is 8.41. The predicted molar refractivity (Wildman–Crippen MR) is 100 cm³/mol. The second-order valence-corrected chi connectivity index (χ2v) is 7.71. The van der Waals surface area contributed by atoms with Crippen molar-refractivity contribution < 1.29 is 4.79 Å². The predicted octanol–water partition coefficient (Wildman–Crippen LogP) is 3.68. The molecule has 2 atom stereocenters. The van der Waals surface area contributed by atoms with Crippen LogP contribution in [0.2, 0.25) is 0 Å². The summed E-state index contributed by atoms with van der Waals surface area (Å²) < 4.78 is 0. The molecule has 0 radical (unpaired) electrons. The van der Waals surface area contributed by atoms with Crippen LogP contribution in [0.3, 0.4) is 0 Å². The molecule has 0 aliphatic carbocycles. The Hall–Kier alpha value is -1.78. The van der Waals surface area contributed by atoms with Crippen molar-refractivity contribution in [3.63, 3.8) is 0 Å². The molecule has 126 valence electrons.